The summed E-state index contributed by atoms with van der Waals surface area (Å²) in [6, 6.07) is 0.130. The van der Waals surface area contributed by atoms with Crippen LogP contribution in [0.1, 0.15) is 62.5 Å². The van der Waals surface area contributed by atoms with Crippen molar-refractivity contribution in [2.45, 2.75) is 65.0 Å². The first-order chi connectivity index (χ1) is 9.79. The summed E-state index contributed by atoms with van der Waals surface area (Å²) in [4.78, 5) is 14.8. The van der Waals surface area contributed by atoms with Crippen LogP contribution >= 0.6 is 12.4 Å². The molecule has 2 atom stereocenters. The summed E-state index contributed by atoms with van der Waals surface area (Å²) >= 11 is 0. The summed E-state index contributed by atoms with van der Waals surface area (Å²) in [6.45, 7) is 8.82. The Labute approximate surface area is 139 Å². The minimum Gasteiger partial charge on any atom is -0.334 e. The van der Waals surface area contributed by atoms with Crippen LogP contribution in [-0.4, -0.2) is 32.7 Å². The molecule has 0 radical (unpaired) electrons. The third kappa shape index (κ3) is 3.30. The van der Waals surface area contributed by atoms with Gasteiger partial charge < -0.3 is 10.6 Å². The van der Waals surface area contributed by atoms with Gasteiger partial charge in [0.05, 0.1) is 17.3 Å². The van der Waals surface area contributed by atoms with Gasteiger partial charge in [0, 0.05) is 24.8 Å². The van der Waals surface area contributed by atoms with Gasteiger partial charge in [-0.15, -0.1) is 12.4 Å². The number of aromatic nitrogens is 2. The molecule has 126 valence electrons. The largest absolute Gasteiger partial charge is 0.334 e. The molecule has 1 amide bonds. The number of nitrogens with two attached hydrogens (primary N) is 1. The molecule has 0 aliphatic carbocycles. The summed E-state index contributed by atoms with van der Waals surface area (Å²) in [5, 5.41) is 4.49. The Kier molecular flexibility index (Phi) is 6.04. The smallest absolute Gasteiger partial charge is 0.242 e. The Balaban J connectivity index is 0.00000242. The predicted molar refractivity (Wildman–Crippen MR) is 91.1 cm³/mol. The molecule has 2 N–H and O–H groups in total. The summed E-state index contributed by atoms with van der Waals surface area (Å²) < 4.78 is 1.90. The van der Waals surface area contributed by atoms with Crippen molar-refractivity contribution in [1.82, 2.24) is 14.7 Å². The fourth-order valence-electron chi connectivity index (χ4n) is 3.54. The zero-order chi connectivity index (χ0) is 15.8. The molecule has 2 heterocycles. The molecule has 6 heteroatoms. The summed E-state index contributed by atoms with van der Waals surface area (Å²) in [6.07, 6.45) is 3.68. The molecule has 1 aliphatic heterocycles. The van der Waals surface area contributed by atoms with Gasteiger partial charge in [0.1, 0.15) is 0 Å². The molecular weight excluding hydrogens is 300 g/mol. The Morgan fingerprint density at radius 2 is 2.09 bits per heavy atom. The molecule has 0 saturated carbocycles. The van der Waals surface area contributed by atoms with Gasteiger partial charge in [-0.05, 0) is 40.0 Å². The lowest BCUT2D eigenvalue weighted by Gasteiger charge is -2.33. The highest BCUT2D eigenvalue weighted by Crippen LogP contribution is 2.36. The summed E-state index contributed by atoms with van der Waals surface area (Å²) in [7, 11) is 1.96. The normalized spacial score (nSPS) is 20.6. The highest BCUT2D eigenvalue weighted by molar-refractivity contribution is 5.86. The first kappa shape index (κ1) is 19.0. The number of carbonyl (C=O) groups is 1. The van der Waals surface area contributed by atoms with Crippen LogP contribution in [0.5, 0.6) is 0 Å². The Hall–Kier alpha value is -1.07. The van der Waals surface area contributed by atoms with Crippen molar-refractivity contribution in [2.75, 3.05) is 6.54 Å². The molecule has 22 heavy (non-hydrogen) atoms. The van der Waals surface area contributed by atoms with E-state index in [1.54, 1.807) is 0 Å². The molecule has 1 fully saturated rings. The van der Waals surface area contributed by atoms with Crippen molar-refractivity contribution in [3.05, 3.63) is 17.0 Å². The first-order valence-electron chi connectivity index (χ1n) is 7.89. The maximum atomic E-state index is 12.8. The van der Waals surface area contributed by atoms with Crippen LogP contribution in [0.4, 0.5) is 0 Å². The Morgan fingerprint density at radius 3 is 2.59 bits per heavy atom. The van der Waals surface area contributed by atoms with Gasteiger partial charge in [-0.3, -0.25) is 9.48 Å². The van der Waals surface area contributed by atoms with Gasteiger partial charge >= 0.3 is 0 Å². The SMILES string of the molecule is CCCC(C)(N)C(=O)N1CCCC1c1c(C)nn(C)c1C.Cl. The maximum Gasteiger partial charge on any atom is 0.242 e. The van der Waals surface area contributed by atoms with Gasteiger partial charge in [0.15, 0.2) is 0 Å². The minimum atomic E-state index is -0.763. The Morgan fingerprint density at radius 1 is 1.45 bits per heavy atom. The molecule has 1 aromatic heterocycles. The van der Waals surface area contributed by atoms with E-state index < -0.39 is 5.54 Å². The lowest BCUT2D eigenvalue weighted by molar-refractivity contribution is -0.137. The number of nitrogens with zero attached hydrogens (tertiary/aromatic N) is 3. The van der Waals surface area contributed by atoms with Crippen LogP contribution in [0.25, 0.3) is 0 Å². The zero-order valence-corrected chi connectivity index (χ0v) is 15.2. The van der Waals surface area contributed by atoms with Crippen molar-refractivity contribution >= 4 is 18.3 Å². The fraction of sp³-hybridized carbons (Fsp3) is 0.750. The van der Waals surface area contributed by atoms with Gasteiger partial charge in [-0.1, -0.05) is 13.3 Å². The van der Waals surface area contributed by atoms with E-state index >= 15 is 0 Å². The molecule has 0 spiro atoms. The topological polar surface area (TPSA) is 64.2 Å². The number of carbonyl (C=O) groups excluding carboxylic acids is 1. The van der Waals surface area contributed by atoms with Gasteiger partial charge in [0.2, 0.25) is 5.91 Å². The third-order valence-electron chi connectivity index (χ3n) is 4.67. The molecule has 1 saturated heterocycles. The van der Waals surface area contributed by atoms with Crippen molar-refractivity contribution in [3.8, 4) is 0 Å². The van der Waals surface area contributed by atoms with Crippen LogP contribution < -0.4 is 5.73 Å². The summed E-state index contributed by atoms with van der Waals surface area (Å²) in [5.41, 5.74) is 8.87. The molecule has 2 unspecified atom stereocenters. The maximum absolute atomic E-state index is 12.8. The highest BCUT2D eigenvalue weighted by atomic mass is 35.5. The summed E-state index contributed by atoms with van der Waals surface area (Å²) in [5.74, 6) is 0.0782. The van der Waals surface area contributed by atoms with E-state index in [4.69, 9.17) is 5.73 Å². The average molecular weight is 329 g/mol. The Bertz CT molecular complexity index is 538. The molecule has 5 nitrogen and oxygen atoms in total. The second-order valence-corrected chi connectivity index (χ2v) is 6.53. The molecule has 1 aromatic rings. The number of amides is 1. The second-order valence-electron chi connectivity index (χ2n) is 6.53. The first-order valence-corrected chi connectivity index (χ1v) is 7.89. The quantitative estimate of drug-likeness (QED) is 0.924. The molecule has 1 aliphatic rings. The fourth-order valence-corrected chi connectivity index (χ4v) is 3.54. The standard InChI is InChI=1S/C16H28N4O.ClH/c1-6-9-16(4,17)15(21)20-10-7-8-13(20)14-11(2)18-19(5)12(14)3;/h13H,6-10,17H2,1-5H3;1H. The monoisotopic (exact) mass is 328 g/mol. The van der Waals surface area contributed by atoms with Crippen LogP contribution in [0.3, 0.4) is 0 Å². The van der Waals surface area contributed by atoms with E-state index in [9.17, 15) is 4.79 Å². The molecule has 0 aromatic carbocycles. The van der Waals surface area contributed by atoms with E-state index in [1.165, 1.54) is 5.56 Å². The van der Waals surface area contributed by atoms with Crippen molar-refractivity contribution < 1.29 is 4.79 Å². The number of rotatable bonds is 4. The second kappa shape index (κ2) is 7.01. The number of hydrogen-bond donors (Lipinski definition) is 1. The van der Waals surface area contributed by atoms with Crippen LogP contribution in [0.15, 0.2) is 0 Å². The number of hydrogen-bond acceptors (Lipinski definition) is 3. The number of likely N-dealkylation sites (tertiary alicyclic amines) is 1. The van der Waals surface area contributed by atoms with Crippen molar-refractivity contribution in [3.63, 3.8) is 0 Å². The van der Waals surface area contributed by atoms with Gasteiger partial charge in [-0.2, -0.15) is 5.10 Å². The van der Waals surface area contributed by atoms with Gasteiger partial charge in [-0.25, -0.2) is 0 Å². The minimum absolute atomic E-state index is 0. The molecule has 2 rings (SSSR count). The van der Waals surface area contributed by atoms with Gasteiger partial charge in [0.25, 0.3) is 0 Å². The molecule has 0 bridgehead atoms. The van der Waals surface area contributed by atoms with Crippen molar-refractivity contribution in [2.24, 2.45) is 12.8 Å². The molecular formula is C16H29ClN4O. The lowest BCUT2D eigenvalue weighted by atomic mass is 9.94. The third-order valence-corrected chi connectivity index (χ3v) is 4.67. The zero-order valence-electron chi connectivity index (χ0n) is 14.3. The lowest BCUT2D eigenvalue weighted by Crippen LogP contribution is -2.53. The van der Waals surface area contributed by atoms with Crippen LogP contribution in [0.2, 0.25) is 0 Å². The van der Waals surface area contributed by atoms with E-state index in [0.717, 1.165) is 43.6 Å². The predicted octanol–water partition coefficient (Wildman–Crippen LogP) is 2.64. The average Bonchev–Trinajstić information content (AvgIpc) is 2.94. The van der Waals surface area contributed by atoms with E-state index in [1.807, 2.05) is 30.5 Å². The van der Waals surface area contributed by atoms with Crippen molar-refractivity contribution in [1.29, 1.82) is 0 Å². The van der Waals surface area contributed by atoms with Crippen LogP contribution in [0, 0.1) is 13.8 Å². The van der Waals surface area contributed by atoms with Crippen LogP contribution in [-0.2, 0) is 11.8 Å². The van der Waals surface area contributed by atoms with E-state index in [-0.39, 0.29) is 24.4 Å². The van der Waals surface area contributed by atoms with E-state index in [2.05, 4.69) is 18.9 Å². The highest BCUT2D eigenvalue weighted by Gasteiger charge is 2.39. The number of aryl methyl sites for hydroxylation is 2. The number of halogens is 1. The van der Waals surface area contributed by atoms with E-state index in [0.29, 0.717) is 0 Å².